The zero-order valence-corrected chi connectivity index (χ0v) is 11.0. The monoisotopic (exact) mass is 260 g/mol. The number of nitrogen functional groups attached to an aromatic ring is 1. The van der Waals surface area contributed by atoms with Gasteiger partial charge in [0.2, 0.25) is 0 Å². The summed E-state index contributed by atoms with van der Waals surface area (Å²) in [6.07, 6.45) is 4.54. The van der Waals surface area contributed by atoms with E-state index in [1.807, 2.05) is 35.6 Å². The van der Waals surface area contributed by atoms with Crippen molar-refractivity contribution >= 4 is 17.0 Å². The molecular weight excluding hydrogens is 244 g/mol. The van der Waals surface area contributed by atoms with Crippen LogP contribution < -0.4 is 10.5 Å². The smallest absolute Gasteiger partial charge is 0.119 e. The van der Waals surface area contributed by atoms with Gasteiger partial charge in [-0.3, -0.25) is 0 Å². The van der Waals surface area contributed by atoms with E-state index in [-0.39, 0.29) is 0 Å². The molecule has 2 aromatic rings. The number of aromatic nitrogens is 1. The van der Waals surface area contributed by atoms with Crippen molar-refractivity contribution < 1.29 is 4.74 Å². The lowest BCUT2D eigenvalue weighted by molar-refractivity contribution is 0.322. The maximum Gasteiger partial charge on any atom is 0.119 e. The number of benzene rings is 1. The summed E-state index contributed by atoms with van der Waals surface area (Å²) in [7, 11) is 0. The molecule has 94 valence electrons. The van der Waals surface area contributed by atoms with Gasteiger partial charge >= 0.3 is 0 Å². The average Bonchev–Trinajstić information content (AvgIpc) is 2.92. The highest BCUT2D eigenvalue weighted by molar-refractivity contribution is 7.11. The van der Waals surface area contributed by atoms with Crippen LogP contribution >= 0.6 is 11.3 Å². The molecule has 0 unspecified atom stereocenters. The maximum absolute atomic E-state index is 5.68. The Hall–Kier alpha value is -1.55. The van der Waals surface area contributed by atoms with E-state index in [1.54, 1.807) is 0 Å². The van der Waals surface area contributed by atoms with Gasteiger partial charge in [0.15, 0.2) is 0 Å². The number of nitrogens with two attached hydrogens (primary N) is 1. The first-order chi connectivity index (χ1) is 8.81. The van der Waals surface area contributed by atoms with Crippen LogP contribution in [-0.2, 0) is 19.3 Å². The van der Waals surface area contributed by atoms with E-state index in [4.69, 9.17) is 10.5 Å². The molecule has 1 heterocycles. The van der Waals surface area contributed by atoms with Gasteiger partial charge in [0.25, 0.3) is 0 Å². The molecule has 0 bridgehead atoms. The Morgan fingerprint density at radius 1 is 1.22 bits per heavy atom. The molecule has 1 aromatic carbocycles. The minimum absolute atomic E-state index is 0.677. The molecule has 1 aliphatic carbocycles. The first kappa shape index (κ1) is 11.5. The lowest BCUT2D eigenvalue weighted by Gasteiger charge is -2.04. The fourth-order valence-electron chi connectivity index (χ4n) is 2.17. The van der Waals surface area contributed by atoms with Crippen LogP contribution in [0.2, 0.25) is 0 Å². The van der Waals surface area contributed by atoms with Crippen molar-refractivity contribution in [2.45, 2.75) is 25.7 Å². The fraction of sp³-hybridized carbons (Fsp3) is 0.357. The van der Waals surface area contributed by atoms with Crippen LogP contribution in [0.1, 0.15) is 22.0 Å². The van der Waals surface area contributed by atoms with E-state index in [9.17, 15) is 0 Å². The zero-order chi connectivity index (χ0) is 12.4. The van der Waals surface area contributed by atoms with Gasteiger partial charge < -0.3 is 10.5 Å². The SMILES string of the molecule is Nc1ccc(OCCc2nc3c(s2)CCC3)cc1. The topological polar surface area (TPSA) is 48.1 Å². The second-order valence-electron chi connectivity index (χ2n) is 4.50. The van der Waals surface area contributed by atoms with Crippen molar-refractivity contribution in [2.75, 3.05) is 12.3 Å². The molecule has 18 heavy (non-hydrogen) atoms. The van der Waals surface area contributed by atoms with Crippen molar-refractivity contribution in [3.63, 3.8) is 0 Å². The number of fused-ring (bicyclic) bond motifs is 1. The van der Waals surface area contributed by atoms with Gasteiger partial charge in [-0.1, -0.05) is 0 Å². The molecule has 3 rings (SSSR count). The van der Waals surface area contributed by atoms with Gasteiger partial charge in [0.05, 0.1) is 17.3 Å². The number of hydrogen-bond acceptors (Lipinski definition) is 4. The minimum atomic E-state index is 0.677. The lowest BCUT2D eigenvalue weighted by atomic mass is 10.3. The lowest BCUT2D eigenvalue weighted by Crippen LogP contribution is -2.01. The van der Waals surface area contributed by atoms with E-state index in [0.29, 0.717) is 6.61 Å². The number of anilines is 1. The standard InChI is InChI=1S/C14H16N2OS/c15-10-4-6-11(7-5-10)17-9-8-14-16-12-2-1-3-13(12)18-14/h4-7H,1-3,8-9,15H2. The van der Waals surface area contributed by atoms with E-state index < -0.39 is 0 Å². The largest absolute Gasteiger partial charge is 0.493 e. The fourth-order valence-corrected chi connectivity index (χ4v) is 3.31. The first-order valence-corrected chi connectivity index (χ1v) is 7.09. The van der Waals surface area contributed by atoms with Crippen LogP contribution in [0, 0.1) is 0 Å². The Morgan fingerprint density at radius 3 is 2.83 bits per heavy atom. The summed E-state index contributed by atoms with van der Waals surface area (Å²) < 4.78 is 5.68. The van der Waals surface area contributed by atoms with Crippen LogP contribution in [0.4, 0.5) is 5.69 Å². The molecule has 0 aliphatic heterocycles. The van der Waals surface area contributed by atoms with Gasteiger partial charge in [-0.05, 0) is 43.5 Å². The van der Waals surface area contributed by atoms with Crippen molar-refractivity contribution in [3.8, 4) is 5.75 Å². The molecule has 0 fully saturated rings. The number of hydrogen-bond donors (Lipinski definition) is 1. The second-order valence-corrected chi connectivity index (χ2v) is 5.67. The molecule has 0 saturated carbocycles. The van der Waals surface area contributed by atoms with Gasteiger partial charge in [-0.2, -0.15) is 0 Å². The van der Waals surface area contributed by atoms with Crippen LogP contribution in [0.15, 0.2) is 24.3 Å². The summed E-state index contributed by atoms with van der Waals surface area (Å²) in [6.45, 7) is 0.677. The first-order valence-electron chi connectivity index (χ1n) is 6.27. The number of nitrogens with zero attached hydrogens (tertiary/aromatic N) is 1. The molecule has 0 radical (unpaired) electrons. The van der Waals surface area contributed by atoms with E-state index >= 15 is 0 Å². The maximum atomic E-state index is 5.68. The average molecular weight is 260 g/mol. The highest BCUT2D eigenvalue weighted by Gasteiger charge is 2.16. The van der Waals surface area contributed by atoms with E-state index in [1.165, 1.54) is 28.4 Å². The molecule has 2 N–H and O–H groups in total. The van der Waals surface area contributed by atoms with Gasteiger partial charge in [-0.25, -0.2) is 4.98 Å². The quantitative estimate of drug-likeness (QED) is 0.860. The summed E-state index contributed by atoms with van der Waals surface area (Å²) >= 11 is 1.85. The van der Waals surface area contributed by atoms with Gasteiger partial charge in [0.1, 0.15) is 5.75 Å². The number of aryl methyl sites for hydroxylation is 2. The van der Waals surface area contributed by atoms with E-state index in [2.05, 4.69) is 4.98 Å². The molecule has 0 saturated heterocycles. The van der Waals surface area contributed by atoms with Gasteiger partial charge in [-0.15, -0.1) is 11.3 Å². The second kappa shape index (κ2) is 4.98. The molecule has 1 aromatic heterocycles. The Labute approximate surface area is 111 Å². The van der Waals surface area contributed by atoms with Crippen molar-refractivity contribution in [1.82, 2.24) is 4.98 Å². The third kappa shape index (κ3) is 2.48. The van der Waals surface area contributed by atoms with E-state index in [0.717, 1.165) is 24.3 Å². The van der Waals surface area contributed by atoms with Crippen molar-refractivity contribution in [3.05, 3.63) is 39.8 Å². The van der Waals surface area contributed by atoms with Gasteiger partial charge in [0, 0.05) is 17.0 Å². The Balaban J connectivity index is 1.53. The predicted molar refractivity (Wildman–Crippen MR) is 74.2 cm³/mol. The minimum Gasteiger partial charge on any atom is -0.493 e. The summed E-state index contributed by atoms with van der Waals surface area (Å²) in [5.74, 6) is 0.869. The Morgan fingerprint density at radius 2 is 2.06 bits per heavy atom. The summed E-state index contributed by atoms with van der Waals surface area (Å²) in [6, 6.07) is 7.51. The summed E-state index contributed by atoms with van der Waals surface area (Å²) in [4.78, 5) is 6.14. The number of ether oxygens (including phenoxy) is 1. The highest BCUT2D eigenvalue weighted by Crippen LogP contribution is 2.27. The highest BCUT2D eigenvalue weighted by atomic mass is 32.1. The molecule has 0 atom stereocenters. The van der Waals surface area contributed by atoms with Crippen molar-refractivity contribution in [1.29, 1.82) is 0 Å². The van der Waals surface area contributed by atoms with Crippen LogP contribution in [0.3, 0.4) is 0 Å². The van der Waals surface area contributed by atoms with Crippen LogP contribution in [-0.4, -0.2) is 11.6 Å². The Bertz CT molecular complexity index is 512. The summed E-state index contributed by atoms with van der Waals surface area (Å²) in [5.41, 5.74) is 7.71. The van der Waals surface area contributed by atoms with Crippen LogP contribution in [0.25, 0.3) is 0 Å². The molecule has 3 nitrogen and oxygen atoms in total. The molecule has 0 spiro atoms. The Kier molecular flexibility index (Phi) is 3.19. The normalized spacial score (nSPS) is 13.6. The number of thiazole rings is 1. The summed E-state index contributed by atoms with van der Waals surface area (Å²) in [5, 5.41) is 1.20. The number of rotatable bonds is 4. The molecule has 0 amide bonds. The molecule has 1 aliphatic rings. The van der Waals surface area contributed by atoms with Crippen molar-refractivity contribution in [2.24, 2.45) is 0 Å². The molecular formula is C14H16N2OS. The third-order valence-electron chi connectivity index (χ3n) is 3.10. The van der Waals surface area contributed by atoms with Crippen LogP contribution in [0.5, 0.6) is 5.75 Å². The predicted octanol–water partition coefficient (Wildman–Crippen LogP) is 2.84. The zero-order valence-electron chi connectivity index (χ0n) is 10.2. The molecule has 4 heteroatoms. The third-order valence-corrected chi connectivity index (χ3v) is 4.32.